The van der Waals surface area contributed by atoms with Crippen molar-refractivity contribution in [2.45, 2.75) is 12.8 Å². The molecule has 5 heteroatoms. The zero-order valence-corrected chi connectivity index (χ0v) is 10.1. The van der Waals surface area contributed by atoms with Crippen LogP contribution < -0.4 is 0 Å². The van der Waals surface area contributed by atoms with Crippen LogP contribution >= 0.6 is 23.2 Å². The van der Waals surface area contributed by atoms with Crippen molar-refractivity contribution in [3.8, 4) is 6.07 Å². The zero-order chi connectivity index (χ0) is 12.1. The largest absolute Gasteiger partial charge is 0.462 e. The third-order valence-corrected chi connectivity index (χ3v) is 2.55. The highest BCUT2D eigenvalue weighted by molar-refractivity contribution is 6.33. The van der Waals surface area contributed by atoms with E-state index in [0.29, 0.717) is 11.1 Å². The van der Waals surface area contributed by atoms with E-state index in [0.717, 1.165) is 0 Å². The summed E-state index contributed by atoms with van der Waals surface area (Å²) in [5.74, 6) is -0.365. The lowest BCUT2D eigenvalue weighted by molar-refractivity contribution is 0.0526. The summed E-state index contributed by atoms with van der Waals surface area (Å²) in [7, 11) is 0. The minimum absolute atomic E-state index is 0.145. The van der Waals surface area contributed by atoms with Crippen molar-refractivity contribution >= 4 is 29.2 Å². The lowest BCUT2D eigenvalue weighted by atomic mass is 10.1. The molecule has 16 heavy (non-hydrogen) atoms. The number of nitrogens with zero attached hydrogens (tertiary/aromatic N) is 1. The molecular weight excluding hydrogens is 249 g/mol. The summed E-state index contributed by atoms with van der Waals surface area (Å²) in [6.07, 6.45) is 0. The zero-order valence-electron chi connectivity index (χ0n) is 8.59. The van der Waals surface area contributed by atoms with Gasteiger partial charge in [-0.05, 0) is 24.6 Å². The Balaban J connectivity index is 3.22. The maximum atomic E-state index is 11.5. The van der Waals surface area contributed by atoms with Gasteiger partial charge in [0.05, 0.1) is 28.8 Å². The first kappa shape index (κ1) is 12.8. The van der Waals surface area contributed by atoms with Crippen LogP contribution in [0.15, 0.2) is 12.1 Å². The highest BCUT2D eigenvalue weighted by Gasteiger charge is 2.15. The van der Waals surface area contributed by atoms with Gasteiger partial charge < -0.3 is 4.74 Å². The summed E-state index contributed by atoms with van der Waals surface area (Å²) in [5, 5.41) is 9.02. The maximum absolute atomic E-state index is 11.5. The quantitative estimate of drug-likeness (QED) is 0.618. The predicted octanol–water partition coefficient (Wildman–Crippen LogP) is 3.13. The molecule has 0 atom stereocenters. The standard InChI is InChI=1S/C11H9Cl2NO2/c1-2-16-11(15)9-3-7(5-12)8(6-14)4-10(9)13/h3-4H,2,5H2,1H3. The third-order valence-electron chi connectivity index (χ3n) is 1.95. The van der Waals surface area contributed by atoms with E-state index in [-0.39, 0.29) is 23.1 Å². The van der Waals surface area contributed by atoms with E-state index >= 15 is 0 Å². The Morgan fingerprint density at radius 3 is 2.75 bits per heavy atom. The molecule has 1 aromatic carbocycles. The molecule has 0 fully saturated rings. The Labute approximate surface area is 104 Å². The number of nitriles is 1. The summed E-state index contributed by atoms with van der Waals surface area (Å²) in [6.45, 7) is 1.98. The Kier molecular flexibility index (Phi) is 4.60. The summed E-state index contributed by atoms with van der Waals surface area (Å²) < 4.78 is 4.83. The first-order valence-corrected chi connectivity index (χ1v) is 5.50. The van der Waals surface area contributed by atoms with Crippen LogP contribution in [0.2, 0.25) is 5.02 Å². The van der Waals surface area contributed by atoms with Crippen LogP contribution in [0.4, 0.5) is 0 Å². The van der Waals surface area contributed by atoms with Gasteiger partial charge in [0, 0.05) is 5.88 Å². The van der Waals surface area contributed by atoms with Gasteiger partial charge in [-0.1, -0.05) is 11.6 Å². The van der Waals surface area contributed by atoms with Crippen molar-refractivity contribution < 1.29 is 9.53 Å². The summed E-state index contributed by atoms with van der Waals surface area (Å²) in [4.78, 5) is 11.5. The van der Waals surface area contributed by atoms with E-state index in [1.54, 1.807) is 6.92 Å². The number of benzene rings is 1. The van der Waals surface area contributed by atoms with Gasteiger partial charge in [-0.2, -0.15) is 5.26 Å². The molecule has 0 bridgehead atoms. The second kappa shape index (κ2) is 5.74. The Morgan fingerprint density at radius 2 is 2.25 bits per heavy atom. The first-order chi connectivity index (χ1) is 7.63. The third kappa shape index (κ3) is 2.66. The lowest BCUT2D eigenvalue weighted by Crippen LogP contribution is -2.06. The Bertz CT molecular complexity index is 452. The molecule has 3 nitrogen and oxygen atoms in total. The van der Waals surface area contributed by atoms with Crippen molar-refractivity contribution in [3.05, 3.63) is 33.8 Å². The first-order valence-electron chi connectivity index (χ1n) is 4.59. The number of esters is 1. The lowest BCUT2D eigenvalue weighted by Gasteiger charge is -2.07. The van der Waals surface area contributed by atoms with Gasteiger partial charge in [-0.25, -0.2) is 4.79 Å². The molecule has 1 rings (SSSR count). The fraction of sp³-hybridized carbons (Fsp3) is 0.273. The van der Waals surface area contributed by atoms with Crippen LogP contribution in [0.3, 0.4) is 0 Å². The highest BCUT2D eigenvalue weighted by Crippen LogP contribution is 2.23. The van der Waals surface area contributed by atoms with Gasteiger partial charge in [-0.3, -0.25) is 0 Å². The van der Waals surface area contributed by atoms with Gasteiger partial charge in [0.15, 0.2) is 0 Å². The molecule has 0 saturated heterocycles. The number of carbonyl (C=O) groups excluding carboxylic acids is 1. The normalized spacial score (nSPS) is 9.62. The fourth-order valence-corrected chi connectivity index (χ4v) is 1.66. The molecule has 0 aliphatic carbocycles. The number of carbonyl (C=O) groups is 1. The van der Waals surface area contributed by atoms with E-state index < -0.39 is 5.97 Å². The molecule has 0 aliphatic heterocycles. The summed E-state index contributed by atoms with van der Waals surface area (Å²) in [6, 6.07) is 4.88. The Morgan fingerprint density at radius 1 is 1.56 bits per heavy atom. The van der Waals surface area contributed by atoms with Crippen molar-refractivity contribution in [1.82, 2.24) is 0 Å². The minimum Gasteiger partial charge on any atom is -0.462 e. The predicted molar refractivity (Wildman–Crippen MR) is 61.7 cm³/mol. The molecule has 0 aliphatic rings. The molecule has 0 saturated carbocycles. The van der Waals surface area contributed by atoms with E-state index in [1.807, 2.05) is 6.07 Å². The molecule has 0 aromatic heterocycles. The van der Waals surface area contributed by atoms with Gasteiger partial charge in [0.1, 0.15) is 0 Å². The number of alkyl halides is 1. The summed E-state index contributed by atoms with van der Waals surface area (Å²) >= 11 is 11.5. The van der Waals surface area contributed by atoms with Crippen molar-refractivity contribution in [1.29, 1.82) is 5.26 Å². The van der Waals surface area contributed by atoms with Crippen molar-refractivity contribution in [3.63, 3.8) is 0 Å². The second-order valence-electron chi connectivity index (χ2n) is 2.96. The number of hydrogen-bond acceptors (Lipinski definition) is 3. The SMILES string of the molecule is CCOC(=O)c1cc(CCl)c(C#N)cc1Cl. The van der Waals surface area contributed by atoms with E-state index in [4.69, 9.17) is 33.2 Å². The molecule has 0 N–H and O–H groups in total. The molecule has 84 valence electrons. The topological polar surface area (TPSA) is 50.1 Å². The van der Waals surface area contributed by atoms with Gasteiger partial charge in [0.2, 0.25) is 0 Å². The van der Waals surface area contributed by atoms with Crippen LogP contribution in [0.25, 0.3) is 0 Å². The monoisotopic (exact) mass is 257 g/mol. The number of ether oxygens (including phenoxy) is 1. The van der Waals surface area contributed by atoms with Gasteiger partial charge >= 0.3 is 5.97 Å². The van der Waals surface area contributed by atoms with Crippen molar-refractivity contribution in [2.75, 3.05) is 6.61 Å². The Hall–Kier alpha value is -1.24. The van der Waals surface area contributed by atoms with Gasteiger partial charge in [-0.15, -0.1) is 11.6 Å². The van der Waals surface area contributed by atoms with Crippen LogP contribution in [0.5, 0.6) is 0 Å². The van der Waals surface area contributed by atoms with E-state index in [1.165, 1.54) is 12.1 Å². The molecular formula is C11H9Cl2NO2. The molecule has 0 radical (unpaired) electrons. The van der Waals surface area contributed by atoms with Crippen LogP contribution in [0.1, 0.15) is 28.4 Å². The smallest absolute Gasteiger partial charge is 0.339 e. The molecule has 0 heterocycles. The number of halogens is 2. The van der Waals surface area contributed by atoms with E-state index in [2.05, 4.69) is 0 Å². The van der Waals surface area contributed by atoms with E-state index in [9.17, 15) is 4.79 Å². The minimum atomic E-state index is -0.511. The average molecular weight is 258 g/mol. The number of hydrogen-bond donors (Lipinski definition) is 0. The van der Waals surface area contributed by atoms with Gasteiger partial charge in [0.25, 0.3) is 0 Å². The van der Waals surface area contributed by atoms with Crippen LogP contribution in [-0.2, 0) is 10.6 Å². The second-order valence-corrected chi connectivity index (χ2v) is 3.63. The highest BCUT2D eigenvalue weighted by atomic mass is 35.5. The van der Waals surface area contributed by atoms with Crippen LogP contribution in [0, 0.1) is 11.3 Å². The average Bonchev–Trinajstić information content (AvgIpc) is 2.28. The molecule has 0 amide bonds. The number of rotatable bonds is 3. The molecule has 1 aromatic rings. The maximum Gasteiger partial charge on any atom is 0.339 e. The molecule has 0 spiro atoms. The molecule has 0 unspecified atom stereocenters. The van der Waals surface area contributed by atoms with Crippen molar-refractivity contribution in [2.24, 2.45) is 0 Å². The van der Waals surface area contributed by atoms with Crippen LogP contribution in [-0.4, -0.2) is 12.6 Å². The summed E-state index contributed by atoms with van der Waals surface area (Å²) in [5.41, 5.74) is 1.17. The fourth-order valence-electron chi connectivity index (χ4n) is 1.20.